The number of amides is 1. The monoisotopic (exact) mass is 380 g/mol. The van der Waals surface area contributed by atoms with Gasteiger partial charge in [-0.25, -0.2) is 4.79 Å². The summed E-state index contributed by atoms with van der Waals surface area (Å²) in [6, 6.07) is 6.99. The molecule has 0 saturated carbocycles. The first-order valence-corrected chi connectivity index (χ1v) is 9.68. The highest BCUT2D eigenvalue weighted by Crippen LogP contribution is 2.18. The van der Waals surface area contributed by atoms with Crippen molar-refractivity contribution in [3.05, 3.63) is 29.8 Å². The lowest BCUT2D eigenvalue weighted by Gasteiger charge is -2.17. The van der Waals surface area contributed by atoms with Crippen molar-refractivity contribution in [3.63, 3.8) is 0 Å². The second kappa shape index (κ2) is 10.1. The number of carbonyl (C=O) groups is 2. The summed E-state index contributed by atoms with van der Waals surface area (Å²) in [7, 11) is 2.92. The molecular formula is C18H24N2O5S. The van der Waals surface area contributed by atoms with Gasteiger partial charge in [0.05, 0.1) is 19.9 Å². The van der Waals surface area contributed by atoms with E-state index in [9.17, 15) is 9.59 Å². The third kappa shape index (κ3) is 5.66. The normalized spacial score (nSPS) is 17.0. The second-order valence-corrected chi connectivity index (χ2v) is 6.84. The van der Waals surface area contributed by atoms with Crippen molar-refractivity contribution in [2.75, 3.05) is 26.2 Å². The number of ether oxygens (including phenoxy) is 2. The van der Waals surface area contributed by atoms with Crippen LogP contribution in [0.3, 0.4) is 0 Å². The smallest absolute Gasteiger partial charge is 0.328 e. The van der Waals surface area contributed by atoms with Crippen molar-refractivity contribution in [2.24, 2.45) is 5.16 Å². The van der Waals surface area contributed by atoms with Gasteiger partial charge < -0.3 is 19.6 Å². The van der Waals surface area contributed by atoms with Crippen LogP contribution in [0.25, 0.3) is 0 Å². The molecule has 1 aromatic rings. The minimum Gasteiger partial charge on any atom is -0.497 e. The van der Waals surface area contributed by atoms with E-state index < -0.39 is 18.1 Å². The zero-order valence-electron chi connectivity index (χ0n) is 15.2. The first kappa shape index (κ1) is 20.1. The van der Waals surface area contributed by atoms with Crippen LogP contribution in [-0.2, 0) is 25.6 Å². The molecule has 0 unspecified atom stereocenters. The van der Waals surface area contributed by atoms with Gasteiger partial charge in [-0.05, 0) is 36.1 Å². The van der Waals surface area contributed by atoms with E-state index in [2.05, 4.69) is 10.5 Å². The first-order chi connectivity index (χ1) is 12.6. The summed E-state index contributed by atoms with van der Waals surface area (Å²) >= 11 is 1.60. The quantitative estimate of drug-likeness (QED) is 0.658. The number of thioether (sulfide) groups is 1. The summed E-state index contributed by atoms with van der Waals surface area (Å²) < 4.78 is 9.96. The lowest BCUT2D eigenvalue weighted by Crippen LogP contribution is -2.46. The molecule has 1 amide bonds. The van der Waals surface area contributed by atoms with E-state index in [0.29, 0.717) is 19.3 Å². The molecule has 2 atom stereocenters. The van der Waals surface area contributed by atoms with Crippen LogP contribution >= 0.6 is 11.8 Å². The Bertz CT molecular complexity index is 665. The van der Waals surface area contributed by atoms with Gasteiger partial charge in [-0.3, -0.25) is 4.79 Å². The van der Waals surface area contributed by atoms with Crippen molar-refractivity contribution >= 4 is 29.4 Å². The van der Waals surface area contributed by atoms with Crippen LogP contribution in [0.2, 0.25) is 0 Å². The molecule has 0 saturated heterocycles. The highest BCUT2D eigenvalue weighted by molar-refractivity contribution is 7.98. The molecule has 26 heavy (non-hydrogen) atoms. The van der Waals surface area contributed by atoms with Crippen LogP contribution in [0.15, 0.2) is 29.4 Å². The van der Waals surface area contributed by atoms with Gasteiger partial charge in [0.2, 0.25) is 6.10 Å². The Kier molecular flexibility index (Phi) is 7.77. The maximum atomic E-state index is 12.4. The fraction of sp³-hybridized carbons (Fsp3) is 0.500. The van der Waals surface area contributed by atoms with Crippen molar-refractivity contribution in [1.29, 1.82) is 0 Å². The number of benzene rings is 1. The topological polar surface area (TPSA) is 86.2 Å². The van der Waals surface area contributed by atoms with Gasteiger partial charge in [-0.1, -0.05) is 17.3 Å². The van der Waals surface area contributed by atoms with Gasteiger partial charge in [0, 0.05) is 12.8 Å². The number of hydrogen-bond acceptors (Lipinski definition) is 7. The highest BCUT2D eigenvalue weighted by atomic mass is 32.2. The van der Waals surface area contributed by atoms with E-state index >= 15 is 0 Å². The lowest BCUT2D eigenvalue weighted by atomic mass is 10.0. The third-order valence-corrected chi connectivity index (χ3v) is 4.62. The molecule has 7 nitrogen and oxygen atoms in total. The number of nitrogens with zero attached hydrogens (tertiary/aromatic N) is 1. The maximum Gasteiger partial charge on any atom is 0.328 e. The largest absolute Gasteiger partial charge is 0.497 e. The molecule has 0 radical (unpaired) electrons. The predicted molar refractivity (Wildman–Crippen MR) is 101 cm³/mol. The lowest BCUT2D eigenvalue weighted by molar-refractivity contribution is -0.146. The predicted octanol–water partition coefficient (Wildman–Crippen LogP) is 1.79. The summed E-state index contributed by atoms with van der Waals surface area (Å²) in [5.41, 5.74) is 1.80. The summed E-state index contributed by atoms with van der Waals surface area (Å²) in [5, 5.41) is 6.72. The van der Waals surface area contributed by atoms with Crippen molar-refractivity contribution < 1.29 is 23.9 Å². The Morgan fingerprint density at radius 1 is 1.42 bits per heavy atom. The Morgan fingerprint density at radius 3 is 2.92 bits per heavy atom. The second-order valence-electron chi connectivity index (χ2n) is 5.85. The Labute approximate surface area is 157 Å². The molecule has 0 aromatic heterocycles. The molecule has 1 aliphatic heterocycles. The van der Waals surface area contributed by atoms with Gasteiger partial charge in [-0.2, -0.15) is 11.8 Å². The van der Waals surface area contributed by atoms with Gasteiger partial charge in [0.15, 0.2) is 0 Å². The maximum absolute atomic E-state index is 12.4. The minimum absolute atomic E-state index is 0.356. The molecular weight excluding hydrogens is 356 g/mol. The highest BCUT2D eigenvalue weighted by Gasteiger charge is 2.31. The van der Waals surface area contributed by atoms with Crippen LogP contribution in [-0.4, -0.2) is 56.0 Å². The molecule has 1 N–H and O–H groups in total. The summed E-state index contributed by atoms with van der Waals surface area (Å²) in [6.45, 7) is 0. The van der Waals surface area contributed by atoms with Crippen LogP contribution < -0.4 is 10.1 Å². The van der Waals surface area contributed by atoms with E-state index in [1.54, 1.807) is 18.9 Å². The fourth-order valence-corrected chi connectivity index (χ4v) is 3.05. The van der Waals surface area contributed by atoms with E-state index in [4.69, 9.17) is 14.3 Å². The Morgan fingerprint density at radius 2 is 2.23 bits per heavy atom. The number of methoxy groups -OCH3 is 2. The molecule has 0 bridgehead atoms. The number of nitrogens with one attached hydrogen (secondary N) is 1. The van der Waals surface area contributed by atoms with E-state index in [-0.39, 0.29) is 5.91 Å². The van der Waals surface area contributed by atoms with Crippen molar-refractivity contribution in [1.82, 2.24) is 5.32 Å². The molecule has 1 aromatic carbocycles. The van der Waals surface area contributed by atoms with Crippen LogP contribution in [0.4, 0.5) is 0 Å². The average molecular weight is 380 g/mol. The molecule has 2 rings (SSSR count). The van der Waals surface area contributed by atoms with Gasteiger partial charge >= 0.3 is 5.97 Å². The molecule has 0 fully saturated rings. The van der Waals surface area contributed by atoms with E-state index in [1.165, 1.54) is 7.11 Å². The van der Waals surface area contributed by atoms with Gasteiger partial charge in [0.1, 0.15) is 11.8 Å². The SMILES string of the molecule is COC(=O)[C@@H](CCSC)NC(=O)[C@H]1CC(Cc2cccc(OC)c2)=NO1. The fourth-order valence-electron chi connectivity index (χ4n) is 2.58. The average Bonchev–Trinajstić information content (AvgIpc) is 3.13. The summed E-state index contributed by atoms with van der Waals surface area (Å²) in [4.78, 5) is 29.5. The molecule has 1 aliphatic rings. The third-order valence-electron chi connectivity index (χ3n) is 3.98. The van der Waals surface area contributed by atoms with E-state index in [0.717, 1.165) is 22.8 Å². The molecule has 0 aliphatic carbocycles. The zero-order valence-corrected chi connectivity index (χ0v) is 16.0. The number of oxime groups is 1. The summed E-state index contributed by atoms with van der Waals surface area (Å²) in [6.07, 6.45) is 2.68. The van der Waals surface area contributed by atoms with Crippen molar-refractivity contribution in [3.8, 4) is 5.75 Å². The van der Waals surface area contributed by atoms with E-state index in [1.807, 2.05) is 30.5 Å². The number of rotatable bonds is 9. The number of hydrogen-bond donors (Lipinski definition) is 1. The summed E-state index contributed by atoms with van der Waals surface area (Å²) in [5.74, 6) is 0.697. The first-order valence-electron chi connectivity index (χ1n) is 8.29. The van der Waals surface area contributed by atoms with Crippen LogP contribution in [0.1, 0.15) is 18.4 Å². The van der Waals surface area contributed by atoms with Crippen LogP contribution in [0, 0.1) is 0 Å². The molecule has 142 valence electrons. The van der Waals surface area contributed by atoms with Crippen molar-refractivity contribution in [2.45, 2.75) is 31.4 Å². The Hall–Kier alpha value is -2.22. The molecule has 8 heteroatoms. The minimum atomic E-state index is -0.725. The van der Waals surface area contributed by atoms with Crippen LogP contribution in [0.5, 0.6) is 5.75 Å². The number of carbonyl (C=O) groups excluding carboxylic acids is 2. The number of esters is 1. The Balaban J connectivity index is 1.89. The van der Waals surface area contributed by atoms with Gasteiger partial charge in [-0.15, -0.1) is 0 Å². The zero-order chi connectivity index (χ0) is 18.9. The standard InChI is InChI=1S/C18H24N2O5S/c1-23-14-6-4-5-12(10-14)9-13-11-16(25-20-13)17(21)19-15(7-8-26-3)18(22)24-2/h4-6,10,15-16H,7-9,11H2,1-3H3,(H,19,21)/t15-,16-/m1/s1. The van der Waals surface area contributed by atoms with Gasteiger partial charge in [0.25, 0.3) is 5.91 Å². The molecule has 0 spiro atoms. The molecule has 1 heterocycles.